The molecule has 3 heterocycles. The summed E-state index contributed by atoms with van der Waals surface area (Å²) in [7, 11) is 0. The van der Waals surface area contributed by atoms with E-state index >= 15 is 0 Å². The number of rotatable bonds is 6. The van der Waals surface area contributed by atoms with Crippen molar-refractivity contribution in [2.45, 2.75) is 20.0 Å². The van der Waals surface area contributed by atoms with Crippen molar-refractivity contribution in [3.8, 4) is 10.8 Å². The fourth-order valence-corrected chi connectivity index (χ4v) is 2.63. The number of guanidine groups is 1. The number of nitrogens with one attached hydrogen (secondary N) is 2. The average molecular weight is 458 g/mol. The molecular weight excluding hydrogens is 439 g/mol. The molecule has 3 aromatic heterocycles. The Morgan fingerprint density at radius 1 is 1.25 bits per heavy atom. The summed E-state index contributed by atoms with van der Waals surface area (Å²) in [6.45, 7) is 3.83. The molecule has 0 aliphatic rings. The first-order valence-electron chi connectivity index (χ1n) is 7.38. The molecule has 0 aliphatic carbocycles. The van der Waals surface area contributed by atoms with Crippen molar-refractivity contribution in [2.24, 2.45) is 4.99 Å². The van der Waals surface area contributed by atoms with Gasteiger partial charge in [-0.1, -0.05) is 6.07 Å². The SMILES string of the molecule is CCNC(=NCc1coc(-c2cccs2)n1)NCc1ccco1.I. The number of halogens is 1. The Morgan fingerprint density at radius 2 is 2.17 bits per heavy atom. The fraction of sp³-hybridized carbons (Fsp3) is 0.250. The Kier molecular flexibility index (Phi) is 7.32. The number of thiophene rings is 1. The van der Waals surface area contributed by atoms with E-state index in [2.05, 4.69) is 20.6 Å². The maximum Gasteiger partial charge on any atom is 0.236 e. The minimum Gasteiger partial charge on any atom is -0.467 e. The molecule has 0 aromatic carbocycles. The molecule has 0 amide bonds. The minimum atomic E-state index is 0. The van der Waals surface area contributed by atoms with Gasteiger partial charge in [-0.05, 0) is 30.5 Å². The van der Waals surface area contributed by atoms with Crippen LogP contribution in [0.15, 0.2) is 56.0 Å². The molecule has 0 spiro atoms. The molecule has 8 heteroatoms. The lowest BCUT2D eigenvalue weighted by Crippen LogP contribution is -2.36. The predicted octanol–water partition coefficient (Wildman–Crippen LogP) is 3.87. The monoisotopic (exact) mass is 458 g/mol. The number of hydrogen-bond acceptors (Lipinski definition) is 5. The molecule has 6 nitrogen and oxygen atoms in total. The molecule has 0 saturated carbocycles. The summed E-state index contributed by atoms with van der Waals surface area (Å²) in [5.74, 6) is 2.21. The molecule has 0 atom stereocenters. The van der Waals surface area contributed by atoms with E-state index in [-0.39, 0.29) is 24.0 Å². The van der Waals surface area contributed by atoms with Crippen molar-refractivity contribution >= 4 is 41.3 Å². The van der Waals surface area contributed by atoms with Crippen LogP contribution < -0.4 is 10.6 Å². The van der Waals surface area contributed by atoms with E-state index in [1.54, 1.807) is 23.9 Å². The van der Waals surface area contributed by atoms with E-state index in [1.807, 2.05) is 36.6 Å². The van der Waals surface area contributed by atoms with Gasteiger partial charge in [0, 0.05) is 6.54 Å². The number of oxazole rings is 1. The number of aromatic nitrogens is 1. The smallest absolute Gasteiger partial charge is 0.236 e. The molecular formula is C16H19IN4O2S. The zero-order chi connectivity index (χ0) is 15.9. The number of nitrogens with zero attached hydrogens (tertiary/aromatic N) is 2. The molecule has 0 radical (unpaired) electrons. The summed E-state index contributed by atoms with van der Waals surface area (Å²) in [6.07, 6.45) is 3.30. The average Bonchev–Trinajstić information content (AvgIpc) is 3.32. The van der Waals surface area contributed by atoms with Gasteiger partial charge in [0.05, 0.1) is 24.2 Å². The Balaban J connectivity index is 0.00000208. The molecule has 0 unspecified atom stereocenters. The number of aliphatic imine (C=N–C) groups is 1. The molecule has 0 fully saturated rings. The highest BCUT2D eigenvalue weighted by atomic mass is 127. The second kappa shape index (κ2) is 9.48. The third-order valence-electron chi connectivity index (χ3n) is 3.04. The maximum atomic E-state index is 5.49. The van der Waals surface area contributed by atoms with Crippen LogP contribution in [0.2, 0.25) is 0 Å². The van der Waals surface area contributed by atoms with Crippen LogP contribution in [0.1, 0.15) is 18.4 Å². The minimum absolute atomic E-state index is 0. The predicted molar refractivity (Wildman–Crippen MR) is 106 cm³/mol. The van der Waals surface area contributed by atoms with Crippen LogP contribution in [0.5, 0.6) is 0 Å². The van der Waals surface area contributed by atoms with Gasteiger partial charge in [0.1, 0.15) is 17.7 Å². The van der Waals surface area contributed by atoms with E-state index in [9.17, 15) is 0 Å². The van der Waals surface area contributed by atoms with E-state index in [1.165, 1.54) is 0 Å². The van der Waals surface area contributed by atoms with E-state index in [4.69, 9.17) is 8.83 Å². The van der Waals surface area contributed by atoms with Gasteiger partial charge in [-0.3, -0.25) is 0 Å². The van der Waals surface area contributed by atoms with Crippen molar-refractivity contribution < 1.29 is 8.83 Å². The zero-order valence-electron chi connectivity index (χ0n) is 13.2. The first-order chi connectivity index (χ1) is 11.3. The molecule has 2 N–H and O–H groups in total. The van der Waals surface area contributed by atoms with Gasteiger partial charge in [0.25, 0.3) is 0 Å². The third-order valence-corrected chi connectivity index (χ3v) is 3.90. The van der Waals surface area contributed by atoms with E-state index in [0.29, 0.717) is 24.9 Å². The zero-order valence-corrected chi connectivity index (χ0v) is 16.3. The molecule has 0 aliphatic heterocycles. The maximum absolute atomic E-state index is 5.49. The van der Waals surface area contributed by atoms with Crippen molar-refractivity contribution in [3.05, 3.63) is 53.6 Å². The first kappa shape index (κ1) is 18.5. The summed E-state index contributed by atoms with van der Waals surface area (Å²) < 4.78 is 10.8. The summed E-state index contributed by atoms with van der Waals surface area (Å²) in [5, 5.41) is 8.41. The van der Waals surface area contributed by atoms with Gasteiger partial charge >= 0.3 is 0 Å². The Labute approximate surface area is 161 Å². The van der Waals surface area contributed by atoms with Crippen LogP contribution in [0.25, 0.3) is 10.8 Å². The standard InChI is InChI=1S/C16H18N4O2S.HI/c1-2-17-16(19-10-13-5-3-7-21-13)18-9-12-11-22-15(20-12)14-6-4-8-23-14;/h3-8,11H,2,9-10H2,1H3,(H2,17,18,19);1H. The van der Waals surface area contributed by atoms with Crippen LogP contribution in [-0.2, 0) is 13.1 Å². The normalized spacial score (nSPS) is 11.1. The van der Waals surface area contributed by atoms with Gasteiger partial charge in [0.2, 0.25) is 5.89 Å². The van der Waals surface area contributed by atoms with Gasteiger partial charge in [-0.25, -0.2) is 9.98 Å². The lowest BCUT2D eigenvalue weighted by Gasteiger charge is -2.09. The van der Waals surface area contributed by atoms with Gasteiger partial charge < -0.3 is 19.5 Å². The van der Waals surface area contributed by atoms with Crippen LogP contribution in [0.3, 0.4) is 0 Å². The molecule has 0 saturated heterocycles. The van der Waals surface area contributed by atoms with Crippen molar-refractivity contribution in [1.82, 2.24) is 15.6 Å². The summed E-state index contributed by atoms with van der Waals surface area (Å²) in [4.78, 5) is 9.99. The second-order valence-corrected chi connectivity index (χ2v) is 5.70. The summed E-state index contributed by atoms with van der Waals surface area (Å²) >= 11 is 1.60. The third kappa shape index (κ3) is 5.10. The second-order valence-electron chi connectivity index (χ2n) is 4.75. The number of furan rings is 1. The largest absolute Gasteiger partial charge is 0.467 e. The highest BCUT2D eigenvalue weighted by Crippen LogP contribution is 2.23. The summed E-state index contributed by atoms with van der Waals surface area (Å²) in [5.41, 5.74) is 0.795. The van der Waals surface area contributed by atoms with Crippen LogP contribution in [-0.4, -0.2) is 17.5 Å². The van der Waals surface area contributed by atoms with Crippen molar-refractivity contribution in [1.29, 1.82) is 0 Å². The highest BCUT2D eigenvalue weighted by Gasteiger charge is 2.07. The Morgan fingerprint density at radius 3 is 2.88 bits per heavy atom. The lowest BCUT2D eigenvalue weighted by molar-refractivity contribution is 0.501. The molecule has 24 heavy (non-hydrogen) atoms. The summed E-state index contributed by atoms with van der Waals surface area (Å²) in [6, 6.07) is 7.74. The Bertz CT molecular complexity index is 738. The fourth-order valence-electron chi connectivity index (χ4n) is 1.98. The van der Waals surface area contributed by atoms with Crippen LogP contribution in [0.4, 0.5) is 0 Å². The first-order valence-corrected chi connectivity index (χ1v) is 8.26. The number of hydrogen-bond donors (Lipinski definition) is 2. The topological polar surface area (TPSA) is 75.6 Å². The quantitative estimate of drug-likeness (QED) is 0.333. The van der Waals surface area contributed by atoms with Gasteiger partial charge in [0.15, 0.2) is 5.96 Å². The van der Waals surface area contributed by atoms with Crippen LogP contribution in [0, 0.1) is 0 Å². The molecule has 0 bridgehead atoms. The Hall–Kier alpha value is -1.81. The van der Waals surface area contributed by atoms with E-state index < -0.39 is 0 Å². The van der Waals surface area contributed by atoms with Crippen molar-refractivity contribution in [2.75, 3.05) is 6.54 Å². The van der Waals surface area contributed by atoms with E-state index in [0.717, 1.165) is 22.9 Å². The highest BCUT2D eigenvalue weighted by molar-refractivity contribution is 14.0. The molecule has 3 aromatic rings. The molecule has 3 rings (SSSR count). The van der Waals surface area contributed by atoms with Gasteiger partial charge in [-0.2, -0.15) is 0 Å². The van der Waals surface area contributed by atoms with Gasteiger partial charge in [-0.15, -0.1) is 35.3 Å². The lowest BCUT2D eigenvalue weighted by atomic mass is 10.4. The molecule has 128 valence electrons. The van der Waals surface area contributed by atoms with Crippen molar-refractivity contribution in [3.63, 3.8) is 0 Å². The van der Waals surface area contributed by atoms with Crippen LogP contribution >= 0.6 is 35.3 Å².